The van der Waals surface area contributed by atoms with E-state index in [1.54, 1.807) is 6.07 Å². The molecule has 1 heteroatoms. The number of benzene rings is 1. The average molecular weight is 136 g/mol. The van der Waals surface area contributed by atoms with E-state index >= 15 is 0 Å². The Labute approximate surface area is 69.4 Å². The fourth-order valence-electron chi connectivity index (χ4n) is 0.563. The minimum absolute atomic E-state index is 0. The lowest BCUT2D eigenvalue weighted by atomic mass is 10.2. The minimum atomic E-state index is 0. The van der Waals surface area contributed by atoms with Crippen molar-refractivity contribution in [1.82, 2.24) is 0 Å². The van der Waals surface area contributed by atoms with Gasteiger partial charge in [-0.15, -0.1) is 0 Å². The lowest BCUT2D eigenvalue weighted by Gasteiger charge is -1.92. The van der Waals surface area contributed by atoms with Gasteiger partial charge in [0, 0.05) is 20.0 Å². The summed E-state index contributed by atoms with van der Waals surface area (Å²) < 4.78 is 0. The van der Waals surface area contributed by atoms with Gasteiger partial charge in [0.05, 0.1) is 0 Å². The molecule has 0 amide bonds. The van der Waals surface area contributed by atoms with E-state index in [0.717, 1.165) is 5.56 Å². The molecule has 0 aliphatic carbocycles. The molecule has 0 spiro atoms. The lowest BCUT2D eigenvalue weighted by molar-refractivity contribution is 0.471. The van der Waals surface area contributed by atoms with Gasteiger partial charge in [-0.3, -0.25) is 0 Å². The molecular weight excluding hydrogens is 100 g/mol. The number of aryl methyl sites for hydroxylation is 1. The highest BCUT2D eigenvalue weighted by Gasteiger charge is 1.86. The third-order valence-corrected chi connectivity index (χ3v) is 1.12. The van der Waals surface area contributed by atoms with Crippen LogP contribution >= 0.6 is 0 Å². The number of phenols is 1. The Balaban J connectivity index is -0.00000000381. The molecule has 0 fully saturated rings. The maximum Gasteiger partial charge on any atom is 0.118 e. The van der Waals surface area contributed by atoms with Gasteiger partial charge in [0.1, 0.15) is 5.75 Å². The Kier molecular flexibility index (Phi) is 1.20. The molecule has 1 aromatic rings. The maximum absolute atomic E-state index is 8.92. The summed E-state index contributed by atoms with van der Waals surface area (Å²) in [4.78, 5) is 0. The molecule has 0 aliphatic rings. The van der Waals surface area contributed by atoms with Crippen molar-refractivity contribution in [3.05, 3.63) is 29.8 Å². The number of aromatic hydroxyl groups is 1. The van der Waals surface area contributed by atoms with Crippen LogP contribution in [0.1, 0.15) is 25.5 Å². The average Bonchev–Trinajstić information content (AvgIpc) is 1.77. The molecule has 1 N–H and O–H groups in total. The minimum Gasteiger partial charge on any atom is -0.508 e. The smallest absolute Gasteiger partial charge is 0.118 e. The SMILES string of the molecule is Cc1ccccc1O.[HH].[HH].[HH].[HH].[HH].[HH].[HH].[HH].[HH].[HH].[HH].[HH].[HH].[HH]. The van der Waals surface area contributed by atoms with E-state index in [4.69, 9.17) is 5.11 Å². The van der Waals surface area contributed by atoms with E-state index in [9.17, 15) is 0 Å². The molecule has 1 aromatic carbocycles. The van der Waals surface area contributed by atoms with Crippen molar-refractivity contribution in [3.63, 3.8) is 0 Å². The Hall–Kier alpha value is -0.980. The molecule has 0 bridgehead atoms. The molecule has 0 radical (unpaired) electrons. The van der Waals surface area contributed by atoms with Gasteiger partial charge in [0.25, 0.3) is 0 Å². The molecule has 0 aliphatic heterocycles. The van der Waals surface area contributed by atoms with Crippen LogP contribution < -0.4 is 0 Å². The highest BCUT2D eigenvalue weighted by atomic mass is 16.3. The zero-order valence-electron chi connectivity index (χ0n) is 4.76. The first-order valence-corrected chi connectivity index (χ1v) is 2.55. The standard InChI is InChI=1S/C7H8O.14H2/c1-6-4-2-3-5-7(6)8;;;;;;;;;;;;;;/h2-5,8H,1H3;14*1H. The van der Waals surface area contributed by atoms with Crippen LogP contribution in [0.15, 0.2) is 24.3 Å². The van der Waals surface area contributed by atoms with Crippen molar-refractivity contribution in [1.29, 1.82) is 0 Å². The van der Waals surface area contributed by atoms with Crippen molar-refractivity contribution in [2.45, 2.75) is 6.92 Å². The van der Waals surface area contributed by atoms with Gasteiger partial charge in [0.2, 0.25) is 0 Å². The Morgan fingerprint density at radius 1 is 1.38 bits per heavy atom. The van der Waals surface area contributed by atoms with E-state index < -0.39 is 0 Å². The molecule has 70 valence electrons. The van der Waals surface area contributed by atoms with Crippen molar-refractivity contribution in [2.24, 2.45) is 0 Å². The van der Waals surface area contributed by atoms with E-state index in [2.05, 4.69) is 0 Å². The number of phenolic OH excluding ortho intramolecular Hbond substituents is 1. The second-order valence-electron chi connectivity index (χ2n) is 1.79. The van der Waals surface area contributed by atoms with Crippen LogP contribution in [-0.2, 0) is 0 Å². The third-order valence-electron chi connectivity index (χ3n) is 1.12. The second-order valence-corrected chi connectivity index (χ2v) is 1.79. The first-order chi connectivity index (χ1) is 3.80. The quantitative estimate of drug-likeness (QED) is 0.523. The molecule has 0 atom stereocenters. The van der Waals surface area contributed by atoms with Crippen LogP contribution in [0.25, 0.3) is 0 Å². The Morgan fingerprint density at radius 3 is 2.38 bits per heavy atom. The normalized spacial score (nSPS) is 9.12. The van der Waals surface area contributed by atoms with Gasteiger partial charge in [-0.1, -0.05) is 18.2 Å². The molecular formula is C7H36O. The fourth-order valence-corrected chi connectivity index (χ4v) is 0.563. The monoisotopic (exact) mass is 136 g/mol. The van der Waals surface area contributed by atoms with Crippen LogP contribution in [0, 0.1) is 6.92 Å². The van der Waals surface area contributed by atoms with Gasteiger partial charge in [-0.25, -0.2) is 0 Å². The van der Waals surface area contributed by atoms with Gasteiger partial charge in [0.15, 0.2) is 0 Å². The van der Waals surface area contributed by atoms with E-state index in [1.165, 1.54) is 0 Å². The zero-order chi connectivity index (χ0) is 5.98. The summed E-state index contributed by atoms with van der Waals surface area (Å²) in [5.41, 5.74) is 0.924. The highest BCUT2D eigenvalue weighted by molar-refractivity contribution is 5.29. The molecule has 0 saturated heterocycles. The summed E-state index contributed by atoms with van der Waals surface area (Å²) in [5.74, 6) is 0.368. The lowest BCUT2D eigenvalue weighted by Crippen LogP contribution is -1.68. The topological polar surface area (TPSA) is 20.2 Å². The molecule has 1 nitrogen and oxygen atoms in total. The molecule has 0 unspecified atom stereocenters. The van der Waals surface area contributed by atoms with Crippen molar-refractivity contribution in [3.8, 4) is 5.75 Å². The maximum atomic E-state index is 8.92. The van der Waals surface area contributed by atoms with E-state index in [0.29, 0.717) is 5.75 Å². The fraction of sp³-hybridized carbons (Fsp3) is 0.143. The number of hydrogen-bond donors (Lipinski definition) is 1. The Bertz CT molecular complexity index is 181. The van der Waals surface area contributed by atoms with Crippen LogP contribution in [0.4, 0.5) is 0 Å². The summed E-state index contributed by atoms with van der Waals surface area (Å²) in [6, 6.07) is 7.25. The number of para-hydroxylation sites is 1. The van der Waals surface area contributed by atoms with Gasteiger partial charge in [-0.2, -0.15) is 0 Å². The van der Waals surface area contributed by atoms with Crippen LogP contribution in [0.3, 0.4) is 0 Å². The van der Waals surface area contributed by atoms with Crippen LogP contribution in [0.5, 0.6) is 5.75 Å². The first-order valence-electron chi connectivity index (χ1n) is 2.55. The van der Waals surface area contributed by atoms with Crippen molar-refractivity contribution >= 4 is 0 Å². The van der Waals surface area contributed by atoms with Gasteiger partial charge >= 0.3 is 0 Å². The first kappa shape index (κ1) is 5.16. The molecule has 1 rings (SSSR count). The summed E-state index contributed by atoms with van der Waals surface area (Å²) in [6.07, 6.45) is 0. The summed E-state index contributed by atoms with van der Waals surface area (Å²) >= 11 is 0. The predicted octanol–water partition coefficient (Wildman–Crippen LogP) is 5.14. The Morgan fingerprint density at radius 2 is 2.00 bits per heavy atom. The van der Waals surface area contributed by atoms with E-state index in [-0.39, 0.29) is 20.0 Å². The van der Waals surface area contributed by atoms with Crippen molar-refractivity contribution < 1.29 is 25.1 Å². The van der Waals surface area contributed by atoms with Gasteiger partial charge in [-0.05, 0) is 18.6 Å². The predicted molar refractivity (Wildman–Crippen MR) is 62.4 cm³/mol. The summed E-state index contributed by atoms with van der Waals surface area (Å²) in [6.45, 7) is 1.87. The highest BCUT2D eigenvalue weighted by Crippen LogP contribution is 2.12. The number of hydrogen-bond acceptors (Lipinski definition) is 1. The molecule has 0 saturated carbocycles. The molecule has 8 heavy (non-hydrogen) atoms. The summed E-state index contributed by atoms with van der Waals surface area (Å²) in [7, 11) is 0. The van der Waals surface area contributed by atoms with Crippen LogP contribution in [0.2, 0.25) is 0 Å². The summed E-state index contributed by atoms with van der Waals surface area (Å²) in [5, 5.41) is 8.92. The zero-order valence-corrected chi connectivity index (χ0v) is 4.76. The molecule has 0 heterocycles. The van der Waals surface area contributed by atoms with Gasteiger partial charge < -0.3 is 5.11 Å². The van der Waals surface area contributed by atoms with Crippen molar-refractivity contribution in [2.75, 3.05) is 0 Å². The largest absolute Gasteiger partial charge is 0.508 e. The molecule has 0 aromatic heterocycles. The van der Waals surface area contributed by atoms with Crippen LogP contribution in [-0.4, -0.2) is 5.11 Å². The number of rotatable bonds is 0. The second kappa shape index (κ2) is 1.86. The third kappa shape index (κ3) is 0.808. The van der Waals surface area contributed by atoms with E-state index in [1.807, 2.05) is 25.1 Å².